The summed E-state index contributed by atoms with van der Waals surface area (Å²) in [6.07, 6.45) is 1.21. The molecule has 1 fully saturated rings. The van der Waals surface area contributed by atoms with E-state index in [1.807, 2.05) is 30.0 Å². The highest BCUT2D eigenvalue weighted by Crippen LogP contribution is 2.27. The molecule has 0 spiro atoms. The lowest BCUT2D eigenvalue weighted by Gasteiger charge is -2.03. The predicted molar refractivity (Wildman–Crippen MR) is 67.6 cm³/mol. The number of nitrogen functional groups attached to an aromatic ring is 1. The van der Waals surface area contributed by atoms with Crippen molar-refractivity contribution in [1.29, 1.82) is 0 Å². The number of nitrogens with two attached hydrogens (primary N) is 1. The van der Waals surface area contributed by atoms with Crippen LogP contribution in [0.25, 0.3) is 11.0 Å². The molecular formula is C11H14N4S. The SMILES string of the molecule is Nc1ccc2nc(SC3CCNC3)[nH]c2c1. The number of nitrogens with one attached hydrogen (secondary N) is 2. The first kappa shape index (κ1) is 9.99. The average molecular weight is 234 g/mol. The van der Waals surface area contributed by atoms with Crippen LogP contribution in [0.4, 0.5) is 5.69 Å². The molecule has 0 amide bonds. The molecule has 2 aromatic rings. The monoisotopic (exact) mass is 234 g/mol. The van der Waals surface area contributed by atoms with Crippen LogP contribution in [0.3, 0.4) is 0 Å². The summed E-state index contributed by atoms with van der Waals surface area (Å²) in [7, 11) is 0. The molecule has 1 aliphatic heterocycles. The molecular weight excluding hydrogens is 220 g/mol. The Hall–Kier alpha value is -1.20. The highest BCUT2D eigenvalue weighted by molar-refractivity contribution is 7.99. The first-order valence-electron chi connectivity index (χ1n) is 5.44. The number of hydrogen-bond acceptors (Lipinski definition) is 4. The van der Waals surface area contributed by atoms with Crippen molar-refractivity contribution >= 4 is 28.5 Å². The number of anilines is 1. The highest BCUT2D eigenvalue weighted by Gasteiger charge is 2.17. The molecule has 1 atom stereocenters. The van der Waals surface area contributed by atoms with E-state index in [1.165, 1.54) is 6.42 Å². The first-order valence-corrected chi connectivity index (χ1v) is 6.32. The summed E-state index contributed by atoms with van der Waals surface area (Å²) in [5.74, 6) is 0. The van der Waals surface area contributed by atoms with E-state index in [-0.39, 0.29) is 0 Å². The summed E-state index contributed by atoms with van der Waals surface area (Å²) < 4.78 is 0. The van der Waals surface area contributed by atoms with E-state index in [2.05, 4.69) is 15.3 Å². The first-order chi connectivity index (χ1) is 7.81. The van der Waals surface area contributed by atoms with Gasteiger partial charge in [-0.25, -0.2) is 4.98 Å². The Kier molecular flexibility index (Phi) is 2.49. The molecule has 3 rings (SSSR count). The smallest absolute Gasteiger partial charge is 0.166 e. The average Bonchev–Trinajstić information content (AvgIpc) is 2.86. The Morgan fingerprint density at radius 2 is 2.38 bits per heavy atom. The van der Waals surface area contributed by atoms with Crippen molar-refractivity contribution < 1.29 is 0 Å². The number of imidazole rings is 1. The van der Waals surface area contributed by atoms with Crippen LogP contribution in [-0.4, -0.2) is 28.3 Å². The van der Waals surface area contributed by atoms with E-state index in [1.54, 1.807) is 0 Å². The van der Waals surface area contributed by atoms with Crippen LogP contribution in [0, 0.1) is 0 Å². The fourth-order valence-corrected chi connectivity index (χ4v) is 3.02. The molecule has 0 aliphatic carbocycles. The number of nitrogens with zero attached hydrogens (tertiary/aromatic N) is 1. The van der Waals surface area contributed by atoms with Gasteiger partial charge in [0, 0.05) is 17.5 Å². The van der Waals surface area contributed by atoms with E-state index in [0.29, 0.717) is 5.25 Å². The van der Waals surface area contributed by atoms with Gasteiger partial charge in [0.05, 0.1) is 11.0 Å². The van der Waals surface area contributed by atoms with E-state index >= 15 is 0 Å². The number of aromatic nitrogens is 2. The lowest BCUT2D eigenvalue weighted by Crippen LogP contribution is -2.10. The molecule has 1 saturated heterocycles. The van der Waals surface area contributed by atoms with Gasteiger partial charge in [-0.1, -0.05) is 11.8 Å². The number of hydrogen-bond donors (Lipinski definition) is 3. The molecule has 2 heterocycles. The number of rotatable bonds is 2. The van der Waals surface area contributed by atoms with Gasteiger partial charge in [-0.05, 0) is 31.2 Å². The van der Waals surface area contributed by atoms with Gasteiger partial charge in [0.1, 0.15) is 0 Å². The molecule has 5 heteroatoms. The largest absolute Gasteiger partial charge is 0.399 e. The Balaban J connectivity index is 1.86. The van der Waals surface area contributed by atoms with Gasteiger partial charge < -0.3 is 16.0 Å². The molecule has 0 bridgehead atoms. The Morgan fingerprint density at radius 1 is 1.44 bits per heavy atom. The second kappa shape index (κ2) is 3.99. The summed E-state index contributed by atoms with van der Waals surface area (Å²) in [5.41, 5.74) is 8.52. The van der Waals surface area contributed by atoms with Crippen LogP contribution in [0.5, 0.6) is 0 Å². The van der Waals surface area contributed by atoms with Gasteiger partial charge in [0.15, 0.2) is 5.16 Å². The van der Waals surface area contributed by atoms with Crippen LogP contribution in [0.1, 0.15) is 6.42 Å². The molecule has 84 valence electrons. The third kappa shape index (κ3) is 1.88. The summed E-state index contributed by atoms with van der Waals surface area (Å²) in [5, 5.41) is 4.98. The lowest BCUT2D eigenvalue weighted by molar-refractivity contribution is 0.858. The number of benzene rings is 1. The van der Waals surface area contributed by atoms with E-state index in [4.69, 9.17) is 5.73 Å². The van der Waals surface area contributed by atoms with Crippen LogP contribution < -0.4 is 11.1 Å². The van der Waals surface area contributed by atoms with Gasteiger partial charge in [-0.15, -0.1) is 0 Å². The number of H-pyrrole nitrogens is 1. The van der Waals surface area contributed by atoms with E-state index < -0.39 is 0 Å². The van der Waals surface area contributed by atoms with Gasteiger partial charge >= 0.3 is 0 Å². The fourth-order valence-electron chi connectivity index (χ4n) is 1.95. The van der Waals surface area contributed by atoms with Crippen LogP contribution in [-0.2, 0) is 0 Å². The minimum absolute atomic E-state index is 0.637. The normalized spacial score (nSPS) is 20.6. The minimum Gasteiger partial charge on any atom is -0.399 e. The van der Waals surface area contributed by atoms with Gasteiger partial charge in [0.25, 0.3) is 0 Å². The van der Waals surface area contributed by atoms with Crippen molar-refractivity contribution in [3.63, 3.8) is 0 Å². The topological polar surface area (TPSA) is 66.7 Å². The Labute approximate surface area is 98.0 Å². The molecule has 1 unspecified atom stereocenters. The second-order valence-electron chi connectivity index (χ2n) is 4.05. The van der Waals surface area contributed by atoms with E-state index in [0.717, 1.165) is 35.0 Å². The molecule has 0 radical (unpaired) electrons. The summed E-state index contributed by atoms with van der Waals surface area (Å²) in [6, 6.07) is 5.77. The fraction of sp³-hybridized carbons (Fsp3) is 0.364. The molecule has 1 aliphatic rings. The standard InChI is InChI=1S/C11H14N4S/c12-7-1-2-9-10(5-7)15-11(14-9)16-8-3-4-13-6-8/h1-2,5,8,13H,3-4,6,12H2,(H,14,15). The van der Waals surface area contributed by atoms with Gasteiger partial charge in [0.2, 0.25) is 0 Å². The van der Waals surface area contributed by atoms with Crippen LogP contribution in [0.2, 0.25) is 0 Å². The molecule has 16 heavy (non-hydrogen) atoms. The third-order valence-corrected chi connectivity index (χ3v) is 3.93. The molecule has 1 aromatic carbocycles. The van der Waals surface area contributed by atoms with Crippen molar-refractivity contribution in [3.05, 3.63) is 18.2 Å². The van der Waals surface area contributed by atoms with E-state index in [9.17, 15) is 0 Å². The van der Waals surface area contributed by atoms with Gasteiger partial charge in [-0.2, -0.15) is 0 Å². The maximum absolute atomic E-state index is 5.73. The quantitative estimate of drug-likeness (QED) is 0.690. The zero-order valence-corrected chi connectivity index (χ0v) is 9.68. The summed E-state index contributed by atoms with van der Waals surface area (Å²) >= 11 is 1.81. The Morgan fingerprint density at radius 3 is 3.19 bits per heavy atom. The second-order valence-corrected chi connectivity index (χ2v) is 5.34. The lowest BCUT2D eigenvalue weighted by atomic mass is 10.3. The van der Waals surface area contributed by atoms with Crippen LogP contribution >= 0.6 is 11.8 Å². The number of aromatic amines is 1. The number of fused-ring (bicyclic) bond motifs is 1. The van der Waals surface area contributed by atoms with Gasteiger partial charge in [-0.3, -0.25) is 0 Å². The maximum Gasteiger partial charge on any atom is 0.166 e. The van der Waals surface area contributed by atoms with Crippen molar-refractivity contribution in [2.24, 2.45) is 0 Å². The minimum atomic E-state index is 0.637. The predicted octanol–water partition coefficient (Wildman–Crippen LogP) is 1.60. The zero-order chi connectivity index (χ0) is 11.0. The highest BCUT2D eigenvalue weighted by atomic mass is 32.2. The molecule has 1 aromatic heterocycles. The van der Waals surface area contributed by atoms with Crippen LogP contribution in [0.15, 0.2) is 23.4 Å². The van der Waals surface area contributed by atoms with Crippen molar-refractivity contribution in [2.45, 2.75) is 16.8 Å². The zero-order valence-electron chi connectivity index (χ0n) is 8.86. The van der Waals surface area contributed by atoms with Crippen molar-refractivity contribution in [1.82, 2.24) is 15.3 Å². The molecule has 0 saturated carbocycles. The Bertz CT molecular complexity index is 502. The maximum atomic E-state index is 5.73. The van der Waals surface area contributed by atoms with Crippen molar-refractivity contribution in [2.75, 3.05) is 18.8 Å². The molecule has 4 N–H and O–H groups in total. The summed E-state index contributed by atoms with van der Waals surface area (Å²) in [6.45, 7) is 2.19. The summed E-state index contributed by atoms with van der Waals surface area (Å²) in [4.78, 5) is 7.85. The van der Waals surface area contributed by atoms with Crippen molar-refractivity contribution in [3.8, 4) is 0 Å². The third-order valence-electron chi connectivity index (χ3n) is 2.78. The number of thioether (sulfide) groups is 1. The molecule has 4 nitrogen and oxygen atoms in total.